The summed E-state index contributed by atoms with van der Waals surface area (Å²) >= 11 is 0. The van der Waals surface area contributed by atoms with E-state index in [0.29, 0.717) is 5.52 Å². The Labute approximate surface area is 132 Å². The molecular weight excluding hydrogens is 291 g/mol. The van der Waals surface area contributed by atoms with Crippen molar-refractivity contribution in [3.63, 3.8) is 0 Å². The zero-order chi connectivity index (χ0) is 16.0. The molecule has 2 aromatic carbocycles. The monoisotopic (exact) mass is 306 g/mol. The average Bonchev–Trinajstić information content (AvgIpc) is 2.96. The fraction of sp³-hybridized carbons (Fsp3) is 0.105. The highest BCUT2D eigenvalue weighted by atomic mass is 19.1. The van der Waals surface area contributed by atoms with Gasteiger partial charge in [0.2, 0.25) is 0 Å². The minimum absolute atomic E-state index is 0.112. The van der Waals surface area contributed by atoms with E-state index in [0.717, 1.165) is 38.7 Å². The van der Waals surface area contributed by atoms with Crippen LogP contribution in [0.2, 0.25) is 0 Å². The van der Waals surface area contributed by atoms with Gasteiger partial charge in [0.05, 0.1) is 17.8 Å². The average molecular weight is 306 g/mol. The highest BCUT2D eigenvalue weighted by Gasteiger charge is 2.12. The van der Waals surface area contributed by atoms with Crippen molar-refractivity contribution in [1.82, 2.24) is 9.97 Å². The number of benzene rings is 2. The Kier molecular flexibility index (Phi) is 3.13. The van der Waals surface area contributed by atoms with Crippen LogP contribution >= 0.6 is 0 Å². The first kappa shape index (κ1) is 13.9. The fourth-order valence-electron chi connectivity index (χ4n) is 2.99. The van der Waals surface area contributed by atoms with Gasteiger partial charge in [-0.1, -0.05) is 11.6 Å². The molecule has 3 nitrogen and oxygen atoms in total. The van der Waals surface area contributed by atoms with Gasteiger partial charge in [0.15, 0.2) is 0 Å². The molecule has 23 heavy (non-hydrogen) atoms. The third-order valence-electron chi connectivity index (χ3n) is 4.14. The zero-order valence-corrected chi connectivity index (χ0v) is 12.6. The maximum absolute atomic E-state index is 13.5. The number of aliphatic hydroxyl groups is 1. The molecule has 0 bridgehead atoms. The first-order valence-electron chi connectivity index (χ1n) is 7.44. The van der Waals surface area contributed by atoms with Crippen LogP contribution in [0.5, 0.6) is 0 Å². The Balaban J connectivity index is 2.02. The molecule has 0 atom stereocenters. The Hall–Kier alpha value is -2.72. The molecule has 2 heterocycles. The number of hydrogen-bond acceptors (Lipinski definition) is 2. The summed E-state index contributed by atoms with van der Waals surface area (Å²) in [5.74, 6) is -0.333. The standard InChI is InChI=1S/C19H15FN2O/c1-11-2-5-17-15(6-11)16(9-21-17)18-7-12(10-23)14-4-3-13(20)8-19(14)22-18/h2-9,21,23H,10H2,1H3. The molecule has 0 radical (unpaired) electrons. The van der Waals surface area contributed by atoms with Gasteiger partial charge in [0.25, 0.3) is 0 Å². The minimum Gasteiger partial charge on any atom is -0.392 e. The van der Waals surface area contributed by atoms with Crippen LogP contribution in [0, 0.1) is 12.7 Å². The van der Waals surface area contributed by atoms with E-state index in [1.807, 2.05) is 31.3 Å². The molecule has 0 amide bonds. The third-order valence-corrected chi connectivity index (χ3v) is 4.14. The Morgan fingerprint density at radius 2 is 1.96 bits per heavy atom. The topological polar surface area (TPSA) is 48.9 Å². The highest BCUT2D eigenvalue weighted by molar-refractivity contribution is 5.96. The van der Waals surface area contributed by atoms with E-state index >= 15 is 0 Å². The number of halogens is 1. The predicted molar refractivity (Wildman–Crippen MR) is 89.7 cm³/mol. The summed E-state index contributed by atoms with van der Waals surface area (Å²) in [5, 5.41) is 11.5. The molecule has 4 heteroatoms. The normalized spacial score (nSPS) is 11.4. The fourth-order valence-corrected chi connectivity index (χ4v) is 2.99. The van der Waals surface area contributed by atoms with Crippen LogP contribution in [-0.4, -0.2) is 15.1 Å². The second-order valence-electron chi connectivity index (χ2n) is 5.74. The molecule has 0 saturated heterocycles. The number of rotatable bonds is 2. The summed E-state index contributed by atoms with van der Waals surface area (Å²) in [6.07, 6.45) is 1.90. The van der Waals surface area contributed by atoms with Crippen LogP contribution in [0.4, 0.5) is 4.39 Å². The lowest BCUT2D eigenvalue weighted by Crippen LogP contribution is -1.93. The van der Waals surface area contributed by atoms with Crippen LogP contribution in [0.3, 0.4) is 0 Å². The van der Waals surface area contributed by atoms with Crippen molar-refractivity contribution >= 4 is 21.8 Å². The molecule has 2 N–H and O–H groups in total. The van der Waals surface area contributed by atoms with Crippen LogP contribution in [0.1, 0.15) is 11.1 Å². The van der Waals surface area contributed by atoms with E-state index in [-0.39, 0.29) is 12.4 Å². The van der Waals surface area contributed by atoms with E-state index in [2.05, 4.69) is 16.0 Å². The first-order valence-corrected chi connectivity index (χ1v) is 7.44. The number of aryl methyl sites for hydroxylation is 1. The van der Waals surface area contributed by atoms with Crippen molar-refractivity contribution in [2.24, 2.45) is 0 Å². The summed E-state index contributed by atoms with van der Waals surface area (Å²) in [6, 6.07) is 12.5. The molecule has 0 aliphatic heterocycles. The van der Waals surface area contributed by atoms with Crippen molar-refractivity contribution in [3.8, 4) is 11.3 Å². The largest absolute Gasteiger partial charge is 0.392 e. The molecule has 2 aromatic heterocycles. The van der Waals surface area contributed by atoms with Crippen molar-refractivity contribution in [1.29, 1.82) is 0 Å². The molecule has 0 unspecified atom stereocenters. The summed E-state index contributed by atoms with van der Waals surface area (Å²) < 4.78 is 13.5. The van der Waals surface area contributed by atoms with Gasteiger partial charge in [0.1, 0.15) is 5.82 Å². The number of fused-ring (bicyclic) bond motifs is 2. The molecule has 114 valence electrons. The molecule has 4 rings (SSSR count). The van der Waals surface area contributed by atoms with E-state index in [4.69, 9.17) is 0 Å². The van der Waals surface area contributed by atoms with Crippen LogP contribution in [-0.2, 0) is 6.61 Å². The number of aliphatic hydroxyl groups excluding tert-OH is 1. The Morgan fingerprint density at radius 3 is 2.78 bits per heavy atom. The molecule has 4 aromatic rings. The van der Waals surface area contributed by atoms with Crippen LogP contribution < -0.4 is 0 Å². The van der Waals surface area contributed by atoms with Gasteiger partial charge in [-0.3, -0.25) is 0 Å². The number of nitrogens with one attached hydrogen (secondary N) is 1. The summed E-state index contributed by atoms with van der Waals surface area (Å²) in [4.78, 5) is 7.83. The number of nitrogens with zero attached hydrogens (tertiary/aromatic N) is 1. The predicted octanol–water partition coefficient (Wildman–Crippen LogP) is 4.32. The summed E-state index contributed by atoms with van der Waals surface area (Å²) in [7, 11) is 0. The molecular formula is C19H15FN2O. The number of H-pyrrole nitrogens is 1. The number of hydrogen-bond donors (Lipinski definition) is 2. The lowest BCUT2D eigenvalue weighted by Gasteiger charge is -2.08. The third kappa shape index (κ3) is 2.28. The van der Waals surface area contributed by atoms with Gasteiger partial charge < -0.3 is 10.1 Å². The van der Waals surface area contributed by atoms with E-state index in [1.54, 1.807) is 6.07 Å². The van der Waals surface area contributed by atoms with Gasteiger partial charge >= 0.3 is 0 Å². The molecule has 0 spiro atoms. The Bertz CT molecular complexity index is 1040. The second kappa shape index (κ2) is 5.18. The maximum Gasteiger partial charge on any atom is 0.125 e. The maximum atomic E-state index is 13.5. The minimum atomic E-state index is -0.333. The van der Waals surface area contributed by atoms with Crippen molar-refractivity contribution in [2.75, 3.05) is 0 Å². The number of aromatic amines is 1. The van der Waals surface area contributed by atoms with Gasteiger partial charge in [-0.25, -0.2) is 9.37 Å². The zero-order valence-electron chi connectivity index (χ0n) is 12.6. The molecule has 0 saturated carbocycles. The van der Waals surface area contributed by atoms with Crippen molar-refractivity contribution in [2.45, 2.75) is 13.5 Å². The second-order valence-corrected chi connectivity index (χ2v) is 5.74. The van der Waals surface area contributed by atoms with Gasteiger partial charge in [-0.05, 0) is 42.8 Å². The molecule has 0 aliphatic carbocycles. The molecule has 0 fully saturated rings. The van der Waals surface area contributed by atoms with Crippen LogP contribution in [0.15, 0.2) is 48.7 Å². The highest BCUT2D eigenvalue weighted by Crippen LogP contribution is 2.31. The van der Waals surface area contributed by atoms with Crippen molar-refractivity contribution in [3.05, 3.63) is 65.6 Å². The first-order chi connectivity index (χ1) is 11.2. The number of pyridine rings is 1. The SMILES string of the molecule is Cc1ccc2[nH]cc(-c3cc(CO)c4ccc(F)cc4n3)c2c1. The van der Waals surface area contributed by atoms with E-state index in [1.165, 1.54) is 12.1 Å². The van der Waals surface area contributed by atoms with E-state index in [9.17, 15) is 9.50 Å². The van der Waals surface area contributed by atoms with Crippen LogP contribution in [0.25, 0.3) is 33.1 Å². The summed E-state index contributed by atoms with van der Waals surface area (Å²) in [6.45, 7) is 1.93. The summed E-state index contributed by atoms with van der Waals surface area (Å²) in [5.41, 5.74) is 5.15. The van der Waals surface area contributed by atoms with Gasteiger partial charge in [0, 0.05) is 34.1 Å². The lowest BCUT2D eigenvalue weighted by atomic mass is 10.0. The lowest BCUT2D eigenvalue weighted by molar-refractivity contribution is 0.283. The van der Waals surface area contributed by atoms with Gasteiger partial charge in [-0.2, -0.15) is 0 Å². The number of aromatic nitrogens is 2. The van der Waals surface area contributed by atoms with Crippen molar-refractivity contribution < 1.29 is 9.50 Å². The molecule has 0 aliphatic rings. The Morgan fingerprint density at radius 1 is 1.09 bits per heavy atom. The van der Waals surface area contributed by atoms with E-state index < -0.39 is 0 Å². The smallest absolute Gasteiger partial charge is 0.125 e. The quantitative estimate of drug-likeness (QED) is 0.579. The van der Waals surface area contributed by atoms with Gasteiger partial charge in [-0.15, -0.1) is 0 Å².